The number of H-pyrrole nitrogens is 1. The molecule has 2 N–H and O–H groups in total. The minimum Gasteiger partial charge on any atom is -0.465 e. The van der Waals surface area contributed by atoms with E-state index in [4.69, 9.17) is 9.47 Å². The van der Waals surface area contributed by atoms with Gasteiger partial charge in [-0.15, -0.1) is 0 Å². The number of hydrogen-bond donors (Lipinski definition) is 2. The number of nitrogens with zero attached hydrogens (tertiary/aromatic N) is 2. The SMILES string of the molecule is CCn1c(=O)[nH]c(=O)c2c(C(=O)Nc3cc(C(=O)OC)cc(C(=O)OC)c3)cc(C(C)C)nc21. The lowest BCUT2D eigenvalue weighted by Crippen LogP contribution is -2.32. The minimum absolute atomic E-state index is 0.0137. The van der Waals surface area contributed by atoms with Crippen molar-refractivity contribution in [3.05, 3.63) is 67.5 Å². The number of aryl methyl sites for hydroxylation is 1. The van der Waals surface area contributed by atoms with Crippen molar-refractivity contribution in [1.82, 2.24) is 14.5 Å². The third-order valence-corrected chi connectivity index (χ3v) is 5.15. The molecule has 0 aliphatic heterocycles. The molecule has 2 aromatic heterocycles. The van der Waals surface area contributed by atoms with Crippen LogP contribution in [-0.2, 0) is 16.0 Å². The molecule has 34 heavy (non-hydrogen) atoms. The van der Waals surface area contributed by atoms with Gasteiger partial charge in [-0.05, 0) is 37.1 Å². The van der Waals surface area contributed by atoms with Crippen molar-refractivity contribution in [1.29, 1.82) is 0 Å². The van der Waals surface area contributed by atoms with Crippen molar-refractivity contribution in [3.8, 4) is 0 Å². The van der Waals surface area contributed by atoms with Gasteiger partial charge in [0.1, 0.15) is 0 Å². The maximum absolute atomic E-state index is 13.3. The van der Waals surface area contributed by atoms with E-state index in [9.17, 15) is 24.0 Å². The number of ether oxygens (including phenoxy) is 2. The van der Waals surface area contributed by atoms with Crippen molar-refractivity contribution in [2.75, 3.05) is 19.5 Å². The summed E-state index contributed by atoms with van der Waals surface area (Å²) >= 11 is 0. The Bertz CT molecular complexity index is 1390. The largest absolute Gasteiger partial charge is 0.465 e. The number of hydrogen-bond acceptors (Lipinski definition) is 8. The Balaban J connectivity index is 2.21. The van der Waals surface area contributed by atoms with Crippen molar-refractivity contribution in [3.63, 3.8) is 0 Å². The summed E-state index contributed by atoms with van der Waals surface area (Å²) in [5.41, 5.74) is -0.675. The Morgan fingerprint density at radius 1 is 1.03 bits per heavy atom. The molecule has 2 heterocycles. The smallest absolute Gasteiger partial charge is 0.337 e. The van der Waals surface area contributed by atoms with Gasteiger partial charge in [-0.1, -0.05) is 13.8 Å². The number of benzene rings is 1. The highest BCUT2D eigenvalue weighted by Crippen LogP contribution is 2.22. The zero-order chi connectivity index (χ0) is 25.2. The molecule has 1 amide bonds. The Morgan fingerprint density at radius 2 is 1.62 bits per heavy atom. The van der Waals surface area contributed by atoms with Gasteiger partial charge in [-0.2, -0.15) is 0 Å². The molecular weight excluding hydrogens is 444 g/mol. The topological polar surface area (TPSA) is 149 Å². The molecule has 0 bridgehead atoms. The number of rotatable bonds is 6. The number of aromatic nitrogens is 3. The Hall–Kier alpha value is -4.28. The molecular formula is C23H24N4O7. The van der Waals surface area contributed by atoms with Gasteiger partial charge in [0.05, 0.1) is 36.3 Å². The van der Waals surface area contributed by atoms with Gasteiger partial charge in [0.2, 0.25) is 0 Å². The summed E-state index contributed by atoms with van der Waals surface area (Å²) in [6, 6.07) is 5.41. The van der Waals surface area contributed by atoms with E-state index in [1.165, 1.54) is 43.1 Å². The van der Waals surface area contributed by atoms with E-state index < -0.39 is 29.1 Å². The molecule has 0 atom stereocenters. The van der Waals surface area contributed by atoms with E-state index in [1.54, 1.807) is 6.92 Å². The first kappa shape index (κ1) is 24.4. The van der Waals surface area contributed by atoms with Crippen molar-refractivity contribution in [2.24, 2.45) is 0 Å². The summed E-state index contributed by atoms with van der Waals surface area (Å²) in [5.74, 6) is -2.25. The molecule has 0 saturated carbocycles. The first-order valence-corrected chi connectivity index (χ1v) is 10.4. The summed E-state index contributed by atoms with van der Waals surface area (Å²) in [7, 11) is 2.36. The van der Waals surface area contributed by atoms with Crippen molar-refractivity contribution < 1.29 is 23.9 Å². The average Bonchev–Trinajstić information content (AvgIpc) is 2.81. The second-order valence-corrected chi connectivity index (χ2v) is 7.69. The van der Waals surface area contributed by atoms with Crippen LogP contribution in [0.3, 0.4) is 0 Å². The van der Waals surface area contributed by atoms with Crippen LogP contribution in [0.25, 0.3) is 11.0 Å². The molecule has 0 fully saturated rings. The van der Waals surface area contributed by atoms with Crippen LogP contribution in [0.4, 0.5) is 5.69 Å². The standard InChI is InChI=1S/C23H24N4O7/c1-6-27-18-17(20(29)26-23(27)32)15(10-16(25-18)11(2)3)19(28)24-14-8-12(21(30)33-4)7-13(9-14)22(31)34-5/h7-11H,6H2,1-5H3,(H,24,28)(H,26,29,32). The highest BCUT2D eigenvalue weighted by atomic mass is 16.5. The van der Waals surface area contributed by atoms with E-state index >= 15 is 0 Å². The summed E-state index contributed by atoms with van der Waals surface area (Å²) in [5, 5.41) is 2.56. The third-order valence-electron chi connectivity index (χ3n) is 5.15. The summed E-state index contributed by atoms with van der Waals surface area (Å²) in [4.78, 5) is 69.1. The number of nitrogens with one attached hydrogen (secondary N) is 2. The monoisotopic (exact) mass is 468 g/mol. The molecule has 0 aliphatic carbocycles. The zero-order valence-electron chi connectivity index (χ0n) is 19.3. The molecule has 3 rings (SSSR count). The van der Waals surface area contributed by atoms with Crippen LogP contribution in [0, 0.1) is 0 Å². The number of anilines is 1. The van der Waals surface area contributed by atoms with E-state index in [2.05, 4.69) is 15.3 Å². The van der Waals surface area contributed by atoms with Gasteiger partial charge in [0.15, 0.2) is 5.65 Å². The van der Waals surface area contributed by atoms with Crippen LogP contribution < -0.4 is 16.6 Å². The third kappa shape index (κ3) is 4.58. The second-order valence-electron chi connectivity index (χ2n) is 7.69. The number of esters is 2. The lowest BCUT2D eigenvalue weighted by molar-refractivity contribution is 0.0599. The van der Waals surface area contributed by atoms with Gasteiger partial charge in [0.25, 0.3) is 11.5 Å². The Morgan fingerprint density at radius 3 is 2.12 bits per heavy atom. The summed E-state index contributed by atoms with van der Waals surface area (Å²) in [6.45, 7) is 5.67. The molecule has 0 spiro atoms. The number of fused-ring (bicyclic) bond motifs is 1. The van der Waals surface area contributed by atoms with Crippen LogP contribution in [0.2, 0.25) is 0 Å². The maximum atomic E-state index is 13.3. The predicted molar refractivity (Wildman–Crippen MR) is 123 cm³/mol. The number of pyridine rings is 1. The molecule has 3 aromatic rings. The van der Waals surface area contributed by atoms with Crippen LogP contribution >= 0.6 is 0 Å². The van der Waals surface area contributed by atoms with Crippen LogP contribution in [0.15, 0.2) is 33.9 Å². The van der Waals surface area contributed by atoms with Crippen molar-refractivity contribution >= 4 is 34.6 Å². The molecule has 11 nitrogen and oxygen atoms in total. The Kier molecular flexibility index (Phi) is 6.94. The lowest BCUT2D eigenvalue weighted by Gasteiger charge is -2.14. The zero-order valence-corrected chi connectivity index (χ0v) is 19.3. The molecule has 0 saturated heterocycles. The normalized spacial score (nSPS) is 10.9. The van der Waals surface area contributed by atoms with E-state index in [0.717, 1.165) is 0 Å². The average molecular weight is 468 g/mol. The number of methoxy groups -OCH3 is 2. The number of carbonyl (C=O) groups excluding carboxylic acids is 3. The molecule has 1 aromatic carbocycles. The summed E-state index contributed by atoms with van der Waals surface area (Å²) in [6.07, 6.45) is 0. The number of aromatic amines is 1. The molecule has 178 valence electrons. The van der Waals surface area contributed by atoms with Crippen LogP contribution in [0.5, 0.6) is 0 Å². The lowest BCUT2D eigenvalue weighted by atomic mass is 10.0. The van der Waals surface area contributed by atoms with Gasteiger partial charge >= 0.3 is 17.6 Å². The molecule has 0 aliphatic rings. The van der Waals surface area contributed by atoms with Gasteiger partial charge < -0.3 is 14.8 Å². The minimum atomic E-state index is -0.754. The molecule has 11 heteroatoms. The second kappa shape index (κ2) is 9.69. The highest BCUT2D eigenvalue weighted by Gasteiger charge is 2.21. The predicted octanol–water partition coefficient (Wildman–Crippen LogP) is 2.05. The van der Waals surface area contributed by atoms with Crippen molar-refractivity contribution in [2.45, 2.75) is 33.2 Å². The number of carbonyl (C=O) groups is 3. The van der Waals surface area contributed by atoms with Crippen LogP contribution in [-0.4, -0.2) is 46.6 Å². The first-order valence-electron chi connectivity index (χ1n) is 10.4. The van der Waals surface area contributed by atoms with Crippen LogP contribution in [0.1, 0.15) is 63.5 Å². The van der Waals surface area contributed by atoms with E-state index in [0.29, 0.717) is 5.69 Å². The fourth-order valence-corrected chi connectivity index (χ4v) is 3.43. The van der Waals surface area contributed by atoms with Gasteiger partial charge in [-0.25, -0.2) is 19.4 Å². The molecule has 0 unspecified atom stereocenters. The molecule has 0 radical (unpaired) electrons. The quantitative estimate of drug-likeness (QED) is 0.522. The van der Waals surface area contributed by atoms with Gasteiger partial charge in [-0.3, -0.25) is 19.1 Å². The first-order chi connectivity index (χ1) is 16.1. The maximum Gasteiger partial charge on any atom is 0.337 e. The van der Waals surface area contributed by atoms with Gasteiger partial charge in [0, 0.05) is 17.9 Å². The fourth-order valence-electron chi connectivity index (χ4n) is 3.43. The highest BCUT2D eigenvalue weighted by molar-refractivity contribution is 6.12. The summed E-state index contributed by atoms with van der Waals surface area (Å²) < 4.78 is 10.7. The van der Waals surface area contributed by atoms with E-state index in [1.807, 2.05) is 13.8 Å². The fraction of sp³-hybridized carbons (Fsp3) is 0.304. The number of amides is 1. The Labute approximate surface area is 193 Å². The van der Waals surface area contributed by atoms with E-state index in [-0.39, 0.29) is 45.9 Å².